The number of carbonyl (C=O) groups excluding carboxylic acids is 2. The Kier molecular flexibility index (Phi) is 5.19. The summed E-state index contributed by atoms with van der Waals surface area (Å²) in [5.74, 6) is -0.481. The number of piperidine rings is 1. The predicted octanol–water partition coefficient (Wildman–Crippen LogP) is 2.89. The van der Waals surface area contributed by atoms with Gasteiger partial charge in [-0.2, -0.15) is 5.10 Å². The first-order chi connectivity index (χ1) is 12.1. The molecule has 1 aromatic heterocycles. The summed E-state index contributed by atoms with van der Waals surface area (Å²) in [4.78, 5) is 25.9. The van der Waals surface area contributed by atoms with Gasteiger partial charge in [-0.25, -0.2) is 4.68 Å². The van der Waals surface area contributed by atoms with Crippen LogP contribution in [0.4, 0.5) is 5.69 Å². The SMILES string of the molecule is C=CC(=O)N1CCC[C@@H](C(=O)Nc2cnn(-c3ccccc3Cl)c2)C1. The number of carbonyl (C=O) groups is 2. The molecule has 0 spiro atoms. The van der Waals surface area contributed by atoms with E-state index in [9.17, 15) is 9.59 Å². The van der Waals surface area contributed by atoms with E-state index in [0.29, 0.717) is 23.8 Å². The zero-order valence-electron chi connectivity index (χ0n) is 13.7. The van der Waals surface area contributed by atoms with E-state index in [1.165, 1.54) is 6.08 Å². The van der Waals surface area contributed by atoms with E-state index in [1.807, 2.05) is 18.2 Å². The first kappa shape index (κ1) is 17.2. The van der Waals surface area contributed by atoms with Gasteiger partial charge in [-0.3, -0.25) is 9.59 Å². The molecule has 2 aromatic rings. The number of nitrogens with one attached hydrogen (secondary N) is 1. The van der Waals surface area contributed by atoms with Gasteiger partial charge in [0.2, 0.25) is 11.8 Å². The Hall–Kier alpha value is -2.60. The van der Waals surface area contributed by atoms with Gasteiger partial charge in [0.1, 0.15) is 0 Å². The first-order valence-electron chi connectivity index (χ1n) is 8.10. The third kappa shape index (κ3) is 3.91. The van der Waals surface area contributed by atoms with Crippen LogP contribution in [-0.2, 0) is 9.59 Å². The Morgan fingerprint density at radius 3 is 2.92 bits per heavy atom. The summed E-state index contributed by atoms with van der Waals surface area (Å²) >= 11 is 6.16. The second-order valence-electron chi connectivity index (χ2n) is 5.94. The molecule has 25 heavy (non-hydrogen) atoms. The van der Waals surface area contributed by atoms with Crippen molar-refractivity contribution in [2.24, 2.45) is 5.92 Å². The van der Waals surface area contributed by atoms with E-state index >= 15 is 0 Å². The fraction of sp³-hybridized carbons (Fsp3) is 0.278. The van der Waals surface area contributed by atoms with E-state index in [4.69, 9.17) is 11.6 Å². The molecule has 0 bridgehead atoms. The second-order valence-corrected chi connectivity index (χ2v) is 6.35. The van der Waals surface area contributed by atoms with Gasteiger partial charge in [-0.05, 0) is 31.1 Å². The average Bonchev–Trinajstić information content (AvgIpc) is 3.09. The monoisotopic (exact) mass is 358 g/mol. The van der Waals surface area contributed by atoms with Crippen LogP contribution < -0.4 is 5.32 Å². The van der Waals surface area contributed by atoms with Crippen LogP contribution in [0.15, 0.2) is 49.3 Å². The maximum absolute atomic E-state index is 12.5. The number of nitrogens with zero attached hydrogens (tertiary/aromatic N) is 3. The lowest BCUT2D eigenvalue weighted by molar-refractivity contribution is -0.130. The van der Waals surface area contributed by atoms with Gasteiger partial charge in [0, 0.05) is 13.1 Å². The van der Waals surface area contributed by atoms with Gasteiger partial charge >= 0.3 is 0 Å². The lowest BCUT2D eigenvalue weighted by atomic mass is 9.97. The molecule has 0 radical (unpaired) electrons. The molecule has 1 aliphatic rings. The van der Waals surface area contributed by atoms with Crippen LogP contribution in [0.5, 0.6) is 0 Å². The molecule has 0 unspecified atom stereocenters. The van der Waals surface area contributed by atoms with Crippen molar-refractivity contribution in [3.63, 3.8) is 0 Å². The summed E-state index contributed by atoms with van der Waals surface area (Å²) in [5.41, 5.74) is 1.34. The van der Waals surface area contributed by atoms with E-state index in [2.05, 4.69) is 17.0 Å². The minimum absolute atomic E-state index is 0.111. The molecule has 2 heterocycles. The van der Waals surface area contributed by atoms with Gasteiger partial charge in [0.25, 0.3) is 0 Å². The number of aromatic nitrogens is 2. The van der Waals surface area contributed by atoms with Gasteiger partial charge in [0.15, 0.2) is 0 Å². The normalized spacial score (nSPS) is 17.2. The smallest absolute Gasteiger partial charge is 0.245 e. The number of benzene rings is 1. The topological polar surface area (TPSA) is 67.2 Å². The van der Waals surface area contributed by atoms with Gasteiger partial charge < -0.3 is 10.2 Å². The highest BCUT2D eigenvalue weighted by Gasteiger charge is 2.27. The molecule has 7 heteroatoms. The number of anilines is 1. The minimum atomic E-state index is -0.235. The fourth-order valence-electron chi connectivity index (χ4n) is 2.92. The molecular formula is C18H19ClN4O2. The third-order valence-corrected chi connectivity index (χ3v) is 4.55. The van der Waals surface area contributed by atoms with Crippen molar-refractivity contribution in [2.75, 3.05) is 18.4 Å². The van der Waals surface area contributed by atoms with Crippen LogP contribution in [0, 0.1) is 5.92 Å². The Balaban J connectivity index is 1.67. The van der Waals surface area contributed by atoms with Crippen molar-refractivity contribution in [1.82, 2.24) is 14.7 Å². The maximum Gasteiger partial charge on any atom is 0.245 e. The van der Waals surface area contributed by atoms with Crippen LogP contribution >= 0.6 is 11.6 Å². The number of halogens is 1. The molecule has 0 aliphatic carbocycles. The zero-order chi connectivity index (χ0) is 17.8. The lowest BCUT2D eigenvalue weighted by Gasteiger charge is -2.31. The first-order valence-corrected chi connectivity index (χ1v) is 8.48. The molecular weight excluding hydrogens is 340 g/mol. The summed E-state index contributed by atoms with van der Waals surface area (Å²) in [7, 11) is 0. The number of rotatable bonds is 4. The van der Waals surface area contributed by atoms with E-state index in [0.717, 1.165) is 18.5 Å². The van der Waals surface area contributed by atoms with Gasteiger partial charge in [-0.15, -0.1) is 0 Å². The molecule has 1 aliphatic heterocycles. The Morgan fingerprint density at radius 1 is 1.36 bits per heavy atom. The number of hydrogen-bond acceptors (Lipinski definition) is 3. The minimum Gasteiger partial charge on any atom is -0.338 e. The molecule has 0 saturated carbocycles. The van der Waals surface area contributed by atoms with Crippen molar-refractivity contribution in [3.8, 4) is 5.69 Å². The van der Waals surface area contributed by atoms with Crippen LogP contribution in [0.3, 0.4) is 0 Å². The molecule has 1 N–H and O–H groups in total. The van der Waals surface area contributed by atoms with E-state index < -0.39 is 0 Å². The van der Waals surface area contributed by atoms with Crippen LogP contribution in [0.25, 0.3) is 5.69 Å². The number of hydrogen-bond donors (Lipinski definition) is 1. The summed E-state index contributed by atoms with van der Waals surface area (Å²) in [6.45, 7) is 4.58. The summed E-state index contributed by atoms with van der Waals surface area (Å²) in [5, 5.41) is 7.69. The maximum atomic E-state index is 12.5. The van der Waals surface area contributed by atoms with Crippen LogP contribution in [-0.4, -0.2) is 39.6 Å². The van der Waals surface area contributed by atoms with Gasteiger partial charge in [0.05, 0.1) is 34.7 Å². The average molecular weight is 359 g/mol. The molecule has 1 atom stereocenters. The predicted molar refractivity (Wildman–Crippen MR) is 96.7 cm³/mol. The second kappa shape index (κ2) is 7.53. The third-order valence-electron chi connectivity index (χ3n) is 4.23. The van der Waals surface area contributed by atoms with Crippen molar-refractivity contribution >= 4 is 29.1 Å². The fourth-order valence-corrected chi connectivity index (χ4v) is 3.14. The molecule has 1 aromatic carbocycles. The molecule has 1 fully saturated rings. The Labute approximate surface area is 151 Å². The molecule has 3 rings (SSSR count). The largest absolute Gasteiger partial charge is 0.338 e. The van der Waals surface area contributed by atoms with Crippen LogP contribution in [0.1, 0.15) is 12.8 Å². The lowest BCUT2D eigenvalue weighted by Crippen LogP contribution is -2.43. The summed E-state index contributed by atoms with van der Waals surface area (Å²) in [6.07, 6.45) is 6.14. The van der Waals surface area contributed by atoms with Crippen molar-refractivity contribution in [1.29, 1.82) is 0 Å². The summed E-state index contributed by atoms with van der Waals surface area (Å²) < 4.78 is 1.62. The molecule has 2 amide bonds. The van der Waals surface area contributed by atoms with Crippen molar-refractivity contribution in [2.45, 2.75) is 12.8 Å². The number of amides is 2. The highest BCUT2D eigenvalue weighted by Crippen LogP contribution is 2.22. The van der Waals surface area contributed by atoms with Crippen molar-refractivity contribution < 1.29 is 9.59 Å². The zero-order valence-corrected chi connectivity index (χ0v) is 14.4. The number of para-hydroxylation sites is 1. The van der Waals surface area contributed by atoms with Gasteiger partial charge in [-0.1, -0.05) is 30.3 Å². The molecule has 6 nitrogen and oxygen atoms in total. The number of likely N-dealkylation sites (tertiary alicyclic amines) is 1. The highest BCUT2D eigenvalue weighted by atomic mass is 35.5. The Bertz CT molecular complexity index is 802. The van der Waals surface area contributed by atoms with E-state index in [-0.39, 0.29) is 17.7 Å². The Morgan fingerprint density at radius 2 is 2.16 bits per heavy atom. The molecule has 130 valence electrons. The molecule has 1 saturated heterocycles. The quantitative estimate of drug-likeness (QED) is 0.854. The highest BCUT2D eigenvalue weighted by molar-refractivity contribution is 6.32. The summed E-state index contributed by atoms with van der Waals surface area (Å²) in [6, 6.07) is 7.34. The van der Waals surface area contributed by atoms with Crippen LogP contribution in [0.2, 0.25) is 5.02 Å². The standard InChI is InChI=1S/C18H19ClN4O2/c1-2-17(24)22-9-5-6-13(11-22)18(25)21-14-10-20-23(12-14)16-8-4-3-7-15(16)19/h2-4,7-8,10,12-13H,1,5-6,9,11H2,(H,21,25)/t13-/m1/s1. The van der Waals surface area contributed by atoms with E-state index in [1.54, 1.807) is 28.0 Å². The van der Waals surface area contributed by atoms with Crippen molar-refractivity contribution in [3.05, 3.63) is 54.3 Å².